The Bertz CT molecular complexity index is 403. The van der Waals surface area contributed by atoms with Gasteiger partial charge in [0.2, 0.25) is 0 Å². The Morgan fingerprint density at radius 1 is 1.28 bits per heavy atom. The van der Waals surface area contributed by atoms with E-state index in [0.29, 0.717) is 31.2 Å². The molecular weight excluding hydrogens is 241 g/mol. The molecule has 2 nitrogen and oxygen atoms in total. The molecule has 0 radical (unpaired) electrons. The number of rotatable bonds is 3. The molecule has 0 saturated carbocycles. The molecule has 2 N–H and O–H groups in total. The molecule has 0 bridgehead atoms. The number of nitrogens with zero attached hydrogens (tertiary/aromatic N) is 1. The second-order valence-electron chi connectivity index (χ2n) is 4.69. The maximum Gasteiger partial charge on any atom is 0.418 e. The molecule has 1 atom stereocenters. The van der Waals surface area contributed by atoms with Crippen LogP contribution in [0.3, 0.4) is 0 Å². The number of hydrogen-bond donors (Lipinski definition) is 1. The monoisotopic (exact) mass is 258 g/mol. The van der Waals surface area contributed by atoms with E-state index in [1.165, 1.54) is 6.07 Å². The highest BCUT2D eigenvalue weighted by molar-refractivity contribution is 5.55. The first-order chi connectivity index (χ1) is 8.52. The van der Waals surface area contributed by atoms with Gasteiger partial charge in [0.1, 0.15) is 0 Å². The summed E-state index contributed by atoms with van der Waals surface area (Å²) in [5, 5.41) is 0. The van der Waals surface area contributed by atoms with Crippen molar-refractivity contribution in [2.24, 2.45) is 11.7 Å². The van der Waals surface area contributed by atoms with Crippen LogP contribution in [0.1, 0.15) is 18.4 Å². The van der Waals surface area contributed by atoms with Crippen LogP contribution in [0.15, 0.2) is 24.3 Å². The maximum absolute atomic E-state index is 12.9. The number of para-hydroxylation sites is 1. The van der Waals surface area contributed by atoms with Crippen LogP contribution in [0.25, 0.3) is 0 Å². The van der Waals surface area contributed by atoms with E-state index >= 15 is 0 Å². The smallest absolute Gasteiger partial charge is 0.371 e. The van der Waals surface area contributed by atoms with Crippen molar-refractivity contribution in [2.75, 3.05) is 24.5 Å². The average molecular weight is 258 g/mol. The van der Waals surface area contributed by atoms with Gasteiger partial charge in [-0.1, -0.05) is 12.1 Å². The fourth-order valence-corrected chi connectivity index (χ4v) is 2.51. The Kier molecular flexibility index (Phi) is 3.80. The second-order valence-corrected chi connectivity index (χ2v) is 4.69. The fraction of sp³-hybridized carbons (Fsp3) is 0.538. The molecule has 1 heterocycles. The van der Waals surface area contributed by atoms with Crippen molar-refractivity contribution in [3.05, 3.63) is 29.8 Å². The quantitative estimate of drug-likeness (QED) is 0.903. The minimum atomic E-state index is -4.29. The number of nitrogens with two attached hydrogens (primary N) is 1. The molecule has 0 spiro atoms. The molecule has 1 aromatic carbocycles. The van der Waals surface area contributed by atoms with Gasteiger partial charge in [-0.05, 0) is 37.4 Å². The summed E-state index contributed by atoms with van der Waals surface area (Å²) in [4.78, 5) is 1.82. The van der Waals surface area contributed by atoms with E-state index in [1.807, 2.05) is 4.90 Å². The molecule has 1 aliphatic rings. The van der Waals surface area contributed by atoms with Crippen LogP contribution in [0.2, 0.25) is 0 Å². The summed E-state index contributed by atoms with van der Waals surface area (Å²) in [6.07, 6.45) is -2.49. The fourth-order valence-electron chi connectivity index (χ4n) is 2.51. The molecule has 2 rings (SSSR count). The highest BCUT2D eigenvalue weighted by Crippen LogP contribution is 2.38. The summed E-state index contributed by atoms with van der Waals surface area (Å²) < 4.78 is 38.7. The van der Waals surface area contributed by atoms with Crippen molar-refractivity contribution in [3.63, 3.8) is 0 Å². The molecule has 1 saturated heterocycles. The predicted molar refractivity (Wildman–Crippen MR) is 65.4 cm³/mol. The van der Waals surface area contributed by atoms with Gasteiger partial charge in [0.05, 0.1) is 5.56 Å². The summed E-state index contributed by atoms with van der Waals surface area (Å²) in [6, 6.07) is 5.78. The van der Waals surface area contributed by atoms with Crippen molar-refractivity contribution in [1.82, 2.24) is 0 Å². The second kappa shape index (κ2) is 5.18. The molecule has 0 aliphatic carbocycles. The van der Waals surface area contributed by atoms with Crippen LogP contribution in [0, 0.1) is 5.92 Å². The van der Waals surface area contributed by atoms with E-state index in [1.54, 1.807) is 12.1 Å². The minimum absolute atomic E-state index is 0.296. The van der Waals surface area contributed by atoms with Crippen LogP contribution in [-0.4, -0.2) is 19.6 Å². The Morgan fingerprint density at radius 3 is 2.67 bits per heavy atom. The van der Waals surface area contributed by atoms with Crippen LogP contribution in [0.5, 0.6) is 0 Å². The number of benzene rings is 1. The van der Waals surface area contributed by atoms with Crippen molar-refractivity contribution in [3.8, 4) is 0 Å². The summed E-state index contributed by atoms with van der Waals surface area (Å²) >= 11 is 0. The van der Waals surface area contributed by atoms with E-state index in [0.717, 1.165) is 18.9 Å². The van der Waals surface area contributed by atoms with Crippen LogP contribution in [0.4, 0.5) is 18.9 Å². The Labute approximate surface area is 105 Å². The molecule has 1 fully saturated rings. The highest BCUT2D eigenvalue weighted by atomic mass is 19.4. The third kappa shape index (κ3) is 2.77. The average Bonchev–Trinajstić information content (AvgIpc) is 2.77. The first-order valence-electron chi connectivity index (χ1n) is 6.13. The third-order valence-electron chi connectivity index (χ3n) is 3.41. The summed E-state index contributed by atoms with van der Waals surface area (Å²) in [7, 11) is 0. The molecule has 0 aromatic heterocycles. The van der Waals surface area contributed by atoms with E-state index in [4.69, 9.17) is 5.73 Å². The molecule has 100 valence electrons. The van der Waals surface area contributed by atoms with Crippen molar-refractivity contribution >= 4 is 5.69 Å². The lowest BCUT2D eigenvalue weighted by Gasteiger charge is -2.23. The zero-order valence-electron chi connectivity index (χ0n) is 10.1. The van der Waals surface area contributed by atoms with Crippen molar-refractivity contribution in [1.29, 1.82) is 0 Å². The van der Waals surface area contributed by atoms with Gasteiger partial charge in [0, 0.05) is 18.8 Å². The lowest BCUT2D eigenvalue weighted by molar-refractivity contribution is -0.137. The zero-order valence-corrected chi connectivity index (χ0v) is 10.1. The standard InChI is InChI=1S/C13H17F3N2/c14-13(15,16)11-3-1-2-4-12(11)18-8-6-10(9-18)5-7-17/h1-4,10H,5-9,17H2. The van der Waals surface area contributed by atoms with Crippen molar-refractivity contribution in [2.45, 2.75) is 19.0 Å². The van der Waals surface area contributed by atoms with Gasteiger partial charge in [-0.2, -0.15) is 13.2 Å². The van der Waals surface area contributed by atoms with Gasteiger partial charge in [-0.25, -0.2) is 0 Å². The minimum Gasteiger partial charge on any atom is -0.371 e. The van der Waals surface area contributed by atoms with E-state index in [-0.39, 0.29) is 0 Å². The first kappa shape index (κ1) is 13.2. The molecular formula is C13H17F3N2. The lowest BCUT2D eigenvalue weighted by Crippen LogP contribution is -2.23. The first-order valence-corrected chi connectivity index (χ1v) is 6.13. The Morgan fingerprint density at radius 2 is 2.00 bits per heavy atom. The van der Waals surface area contributed by atoms with E-state index in [9.17, 15) is 13.2 Å². The summed E-state index contributed by atoms with van der Waals surface area (Å²) in [5.74, 6) is 0.413. The SMILES string of the molecule is NCCC1CCN(c2ccccc2C(F)(F)F)C1. The lowest BCUT2D eigenvalue weighted by atomic mass is 10.1. The van der Waals surface area contributed by atoms with Gasteiger partial charge in [0.25, 0.3) is 0 Å². The summed E-state index contributed by atoms with van der Waals surface area (Å²) in [5.41, 5.74) is 5.25. The maximum atomic E-state index is 12.9. The molecule has 5 heteroatoms. The number of halogens is 3. The van der Waals surface area contributed by atoms with Gasteiger partial charge in [0.15, 0.2) is 0 Å². The molecule has 18 heavy (non-hydrogen) atoms. The van der Waals surface area contributed by atoms with E-state index in [2.05, 4.69) is 0 Å². The van der Waals surface area contributed by atoms with Gasteiger partial charge >= 0.3 is 6.18 Å². The Hall–Kier alpha value is -1.23. The van der Waals surface area contributed by atoms with Crippen LogP contribution in [-0.2, 0) is 6.18 Å². The zero-order chi connectivity index (χ0) is 13.2. The molecule has 0 amide bonds. The van der Waals surface area contributed by atoms with Crippen LogP contribution < -0.4 is 10.6 Å². The molecule has 1 aromatic rings. The number of alkyl halides is 3. The van der Waals surface area contributed by atoms with Gasteiger partial charge in [-0.15, -0.1) is 0 Å². The normalized spacial score (nSPS) is 20.4. The van der Waals surface area contributed by atoms with Gasteiger partial charge < -0.3 is 10.6 Å². The third-order valence-corrected chi connectivity index (χ3v) is 3.41. The molecule has 1 unspecified atom stereocenters. The highest BCUT2D eigenvalue weighted by Gasteiger charge is 2.35. The largest absolute Gasteiger partial charge is 0.418 e. The number of anilines is 1. The Balaban J connectivity index is 2.19. The van der Waals surface area contributed by atoms with Crippen LogP contribution >= 0.6 is 0 Å². The number of hydrogen-bond acceptors (Lipinski definition) is 2. The van der Waals surface area contributed by atoms with E-state index < -0.39 is 11.7 Å². The summed E-state index contributed by atoms with van der Waals surface area (Å²) in [6.45, 7) is 1.95. The predicted octanol–water partition coefficient (Wildman–Crippen LogP) is 2.88. The molecule has 1 aliphatic heterocycles. The van der Waals surface area contributed by atoms with Crippen molar-refractivity contribution < 1.29 is 13.2 Å². The topological polar surface area (TPSA) is 29.3 Å². The van der Waals surface area contributed by atoms with Gasteiger partial charge in [-0.3, -0.25) is 0 Å².